The first kappa shape index (κ1) is 33.2. The summed E-state index contributed by atoms with van der Waals surface area (Å²) in [6.07, 6.45) is 1.43. The molecule has 0 aliphatic carbocycles. The number of halogens is 1. The average molecular weight is 652 g/mol. The van der Waals surface area contributed by atoms with Crippen LogP contribution in [0.3, 0.4) is 0 Å². The fourth-order valence-electron chi connectivity index (χ4n) is 4.21. The van der Waals surface area contributed by atoms with Crippen LogP contribution in [0.25, 0.3) is 0 Å². The van der Waals surface area contributed by atoms with Crippen LogP contribution in [-0.4, -0.2) is 47.9 Å². The highest BCUT2D eigenvalue weighted by molar-refractivity contribution is 7.92. The Labute approximate surface area is 268 Å². The van der Waals surface area contributed by atoms with Gasteiger partial charge in [-0.15, -0.1) is 0 Å². The minimum Gasteiger partial charge on any atom is -0.497 e. The second kappa shape index (κ2) is 15.3. The van der Waals surface area contributed by atoms with Crippen molar-refractivity contribution < 1.29 is 32.2 Å². The number of nitrogens with zero attached hydrogens (tertiary/aromatic N) is 2. The lowest BCUT2D eigenvalue weighted by Gasteiger charge is -2.25. The van der Waals surface area contributed by atoms with Crippen LogP contribution in [0, 0.1) is 6.92 Å². The second-order valence-corrected chi connectivity index (χ2v) is 12.0. The Hall–Kier alpha value is -4.74. The molecule has 4 rings (SSSR count). The number of hydrogen-bond acceptors (Lipinski definition) is 8. The van der Waals surface area contributed by atoms with E-state index in [-0.39, 0.29) is 16.3 Å². The van der Waals surface area contributed by atoms with E-state index >= 15 is 0 Å². The number of amides is 1. The molecule has 0 aliphatic rings. The molecule has 0 saturated heterocycles. The Kier molecular flexibility index (Phi) is 11.3. The normalized spacial score (nSPS) is 11.2. The molecule has 4 aromatic carbocycles. The smallest absolute Gasteiger partial charge is 0.264 e. The molecule has 0 unspecified atom stereocenters. The predicted molar refractivity (Wildman–Crippen MR) is 174 cm³/mol. The highest BCUT2D eigenvalue weighted by atomic mass is 35.5. The number of carbonyl (C=O) groups excluding carboxylic acids is 1. The van der Waals surface area contributed by atoms with E-state index in [1.54, 1.807) is 54.6 Å². The summed E-state index contributed by atoms with van der Waals surface area (Å²) in [5, 5.41) is 4.70. The molecule has 12 heteroatoms. The molecular formula is C33H34ClN3O7S. The number of anilines is 1. The molecule has 0 aliphatic heterocycles. The lowest BCUT2D eigenvalue weighted by molar-refractivity contribution is -0.119. The fourth-order valence-corrected chi connectivity index (χ4v) is 5.76. The van der Waals surface area contributed by atoms with Crippen LogP contribution in [0.1, 0.15) is 23.6 Å². The largest absolute Gasteiger partial charge is 0.497 e. The van der Waals surface area contributed by atoms with Crippen molar-refractivity contribution in [3.63, 3.8) is 0 Å². The molecule has 0 aromatic heterocycles. The van der Waals surface area contributed by atoms with E-state index in [0.717, 1.165) is 15.4 Å². The third-order valence-corrected chi connectivity index (χ3v) is 8.56. The molecule has 0 saturated carbocycles. The van der Waals surface area contributed by atoms with Crippen molar-refractivity contribution in [2.75, 3.05) is 31.7 Å². The van der Waals surface area contributed by atoms with Gasteiger partial charge in [-0.2, -0.15) is 5.10 Å². The molecule has 0 atom stereocenters. The molecule has 0 radical (unpaired) electrons. The molecule has 0 fully saturated rings. The average Bonchev–Trinajstić information content (AvgIpc) is 3.04. The number of benzene rings is 4. The number of aryl methyl sites for hydroxylation is 1. The third-order valence-electron chi connectivity index (χ3n) is 6.53. The molecule has 0 bridgehead atoms. The summed E-state index contributed by atoms with van der Waals surface area (Å²) < 4.78 is 50.9. The van der Waals surface area contributed by atoms with Crippen molar-refractivity contribution in [1.82, 2.24) is 5.43 Å². The Bertz CT molecular complexity index is 1750. The summed E-state index contributed by atoms with van der Waals surface area (Å²) in [7, 11) is -1.28. The third kappa shape index (κ3) is 8.68. The Morgan fingerprint density at radius 3 is 2.29 bits per heavy atom. The fraction of sp³-hybridized carbons (Fsp3) is 0.212. The number of sulfonamides is 1. The van der Waals surface area contributed by atoms with Gasteiger partial charge in [-0.3, -0.25) is 9.10 Å². The van der Waals surface area contributed by atoms with E-state index in [0.29, 0.717) is 41.0 Å². The van der Waals surface area contributed by atoms with E-state index in [1.807, 2.05) is 26.0 Å². The van der Waals surface area contributed by atoms with Crippen LogP contribution < -0.4 is 28.7 Å². The minimum atomic E-state index is -4.18. The van der Waals surface area contributed by atoms with Crippen molar-refractivity contribution in [2.24, 2.45) is 5.10 Å². The van der Waals surface area contributed by atoms with Crippen LogP contribution in [0.2, 0.25) is 5.02 Å². The van der Waals surface area contributed by atoms with Crippen molar-refractivity contribution in [3.8, 4) is 23.0 Å². The summed E-state index contributed by atoms with van der Waals surface area (Å²) in [5.41, 5.74) is 5.04. The maximum atomic E-state index is 13.8. The summed E-state index contributed by atoms with van der Waals surface area (Å²) in [6, 6.07) is 23.6. The van der Waals surface area contributed by atoms with Gasteiger partial charge >= 0.3 is 0 Å². The van der Waals surface area contributed by atoms with Gasteiger partial charge in [-0.05, 0) is 79.6 Å². The highest BCUT2D eigenvalue weighted by Gasteiger charge is 2.29. The van der Waals surface area contributed by atoms with Gasteiger partial charge in [0.1, 0.15) is 24.7 Å². The van der Waals surface area contributed by atoms with Gasteiger partial charge in [0, 0.05) is 11.1 Å². The monoisotopic (exact) mass is 651 g/mol. The van der Waals surface area contributed by atoms with Gasteiger partial charge < -0.3 is 18.9 Å². The number of methoxy groups -OCH3 is 2. The predicted octanol–water partition coefficient (Wildman–Crippen LogP) is 5.99. The van der Waals surface area contributed by atoms with Gasteiger partial charge in [0.05, 0.1) is 37.6 Å². The quantitative estimate of drug-likeness (QED) is 0.132. The molecule has 236 valence electrons. The van der Waals surface area contributed by atoms with E-state index in [9.17, 15) is 13.2 Å². The van der Waals surface area contributed by atoms with Crippen molar-refractivity contribution in [1.29, 1.82) is 0 Å². The van der Waals surface area contributed by atoms with Crippen molar-refractivity contribution in [2.45, 2.75) is 25.3 Å². The van der Waals surface area contributed by atoms with Gasteiger partial charge in [0.25, 0.3) is 15.9 Å². The number of hydrogen-bond donors (Lipinski definition) is 1. The molecule has 45 heavy (non-hydrogen) atoms. The first-order chi connectivity index (χ1) is 21.6. The highest BCUT2D eigenvalue weighted by Crippen LogP contribution is 2.35. The van der Waals surface area contributed by atoms with Crippen molar-refractivity contribution in [3.05, 3.63) is 107 Å². The first-order valence-electron chi connectivity index (χ1n) is 13.9. The molecule has 4 aromatic rings. The molecular weight excluding hydrogens is 618 g/mol. The first-order valence-corrected chi connectivity index (χ1v) is 15.7. The topological polar surface area (TPSA) is 116 Å². The van der Waals surface area contributed by atoms with Crippen molar-refractivity contribution >= 4 is 39.4 Å². The zero-order valence-corrected chi connectivity index (χ0v) is 26.9. The Morgan fingerprint density at radius 1 is 0.889 bits per heavy atom. The molecule has 0 heterocycles. The summed E-state index contributed by atoms with van der Waals surface area (Å²) in [5.74, 6) is 1.04. The standard InChI is InChI=1S/C33H34ClN3O7S/c1-5-43-32-18-25(10-17-30(32)44-22-24-8-11-26(34)12-9-24)20-35-36-33(38)21-37(29-16-13-27(41-3)19-31(29)42-4)45(39,40)28-14-6-23(2)7-15-28/h6-20H,5,21-22H2,1-4H3,(H,36,38)/b35-20-. The minimum absolute atomic E-state index is 0.0177. The summed E-state index contributed by atoms with van der Waals surface area (Å²) in [4.78, 5) is 13.1. The summed E-state index contributed by atoms with van der Waals surface area (Å²) >= 11 is 5.96. The number of ether oxygens (including phenoxy) is 4. The maximum Gasteiger partial charge on any atom is 0.264 e. The van der Waals surface area contributed by atoms with Gasteiger partial charge in [-0.1, -0.05) is 41.4 Å². The summed E-state index contributed by atoms with van der Waals surface area (Å²) in [6.45, 7) is 3.87. The Morgan fingerprint density at radius 2 is 1.62 bits per heavy atom. The van der Waals surface area contributed by atoms with Gasteiger partial charge in [-0.25, -0.2) is 13.8 Å². The maximum absolute atomic E-state index is 13.8. The van der Waals surface area contributed by atoms with Gasteiger partial charge in [0.15, 0.2) is 11.5 Å². The van der Waals surface area contributed by atoms with Gasteiger partial charge in [0.2, 0.25) is 0 Å². The Balaban J connectivity index is 1.52. The van der Waals surface area contributed by atoms with E-state index in [4.69, 9.17) is 30.5 Å². The number of hydrazone groups is 1. The number of nitrogens with one attached hydrogen (secondary N) is 1. The number of carbonyl (C=O) groups is 1. The van der Waals surface area contributed by atoms with Crippen LogP contribution >= 0.6 is 11.6 Å². The number of rotatable bonds is 14. The van der Waals surface area contributed by atoms with Crippen LogP contribution in [-0.2, 0) is 21.4 Å². The van der Waals surface area contributed by atoms with Crippen LogP contribution in [0.15, 0.2) is 94.9 Å². The second-order valence-electron chi connectivity index (χ2n) is 9.71. The van der Waals surface area contributed by atoms with E-state index in [1.165, 1.54) is 38.6 Å². The SMILES string of the molecule is CCOc1cc(/C=N\NC(=O)CN(c2ccc(OC)cc2OC)S(=O)(=O)c2ccc(C)cc2)ccc1OCc1ccc(Cl)cc1. The van der Waals surface area contributed by atoms with Crippen LogP contribution in [0.4, 0.5) is 5.69 Å². The van der Waals surface area contributed by atoms with Crippen LogP contribution in [0.5, 0.6) is 23.0 Å². The molecule has 1 amide bonds. The lowest BCUT2D eigenvalue weighted by Crippen LogP contribution is -2.39. The van der Waals surface area contributed by atoms with E-state index in [2.05, 4.69) is 10.5 Å². The molecule has 1 N–H and O–H groups in total. The molecule has 0 spiro atoms. The zero-order chi connectivity index (χ0) is 32.4. The lowest BCUT2D eigenvalue weighted by atomic mass is 10.2. The molecule has 10 nitrogen and oxygen atoms in total. The zero-order valence-electron chi connectivity index (χ0n) is 25.3. The van der Waals surface area contributed by atoms with E-state index < -0.39 is 22.5 Å².